The number of carbonyl (C=O) groups excluding carboxylic acids is 1. The number of allylic oxidation sites excluding steroid dienone is 1. The minimum Gasteiger partial charge on any atom is -0.495 e. The molecule has 8 nitrogen and oxygen atoms in total. The minimum atomic E-state index is -4.20. The van der Waals surface area contributed by atoms with E-state index in [1.807, 2.05) is 6.07 Å². The Labute approximate surface area is 169 Å². The molecule has 0 amide bonds. The van der Waals surface area contributed by atoms with Crippen LogP contribution in [0.5, 0.6) is 5.75 Å². The molecule has 9 heteroatoms. The average molecular weight is 415 g/mol. The molecular formula is C20H21N3O5S. The van der Waals surface area contributed by atoms with Crippen molar-refractivity contribution in [1.29, 1.82) is 0 Å². The lowest BCUT2D eigenvalue weighted by Crippen LogP contribution is -2.25. The van der Waals surface area contributed by atoms with Crippen LogP contribution in [0, 0.1) is 0 Å². The molecule has 0 saturated heterocycles. The maximum atomic E-state index is 13.0. The Morgan fingerprint density at radius 2 is 1.66 bits per heavy atom. The molecule has 0 fully saturated rings. The van der Waals surface area contributed by atoms with Gasteiger partial charge in [0.05, 0.1) is 25.1 Å². The Balaban J connectivity index is 2.19. The Bertz CT molecular complexity index is 1110. The summed E-state index contributed by atoms with van der Waals surface area (Å²) in [5.74, 6) is -0.668. The highest BCUT2D eigenvalue weighted by Gasteiger charge is 2.28. The predicted octanol–water partition coefficient (Wildman–Crippen LogP) is 3.16. The highest BCUT2D eigenvalue weighted by atomic mass is 32.2. The number of hydrogen-bond donors (Lipinski definition) is 2. The molecule has 29 heavy (non-hydrogen) atoms. The summed E-state index contributed by atoms with van der Waals surface area (Å²) in [5.41, 5.74) is 1.66. The highest BCUT2D eigenvalue weighted by molar-refractivity contribution is 7.90. The Kier molecular flexibility index (Phi) is 5.88. The van der Waals surface area contributed by atoms with Crippen molar-refractivity contribution in [2.24, 2.45) is 4.40 Å². The van der Waals surface area contributed by atoms with Crippen LogP contribution in [0.15, 0.2) is 69.1 Å². The van der Waals surface area contributed by atoms with E-state index in [4.69, 9.17) is 9.47 Å². The second kappa shape index (κ2) is 8.36. The second-order valence-corrected chi connectivity index (χ2v) is 7.65. The topological polar surface area (TPSA) is 106 Å². The molecule has 2 aromatic rings. The molecule has 1 aliphatic rings. The molecule has 0 atom stereocenters. The molecule has 2 N–H and O–H groups in total. The molecule has 0 radical (unpaired) electrons. The van der Waals surface area contributed by atoms with Gasteiger partial charge in [-0.25, -0.2) is 4.79 Å². The zero-order chi connectivity index (χ0) is 21.0. The van der Waals surface area contributed by atoms with Crippen LogP contribution < -0.4 is 15.4 Å². The first-order valence-electron chi connectivity index (χ1n) is 8.86. The third-order valence-electron chi connectivity index (χ3n) is 4.15. The van der Waals surface area contributed by atoms with Crippen molar-refractivity contribution >= 4 is 33.2 Å². The number of nitrogens with one attached hydrogen (secondary N) is 2. The Hall–Kier alpha value is -3.33. The number of fused-ring (bicyclic) bond motifs is 1. The summed E-state index contributed by atoms with van der Waals surface area (Å²) >= 11 is 0. The van der Waals surface area contributed by atoms with E-state index >= 15 is 0 Å². The number of nitrogens with zero attached hydrogens (tertiary/aromatic N) is 1. The van der Waals surface area contributed by atoms with E-state index in [2.05, 4.69) is 15.0 Å². The first kappa shape index (κ1) is 20.4. The van der Waals surface area contributed by atoms with Gasteiger partial charge in [-0.3, -0.25) is 0 Å². The molecule has 0 bridgehead atoms. The lowest BCUT2D eigenvalue weighted by Gasteiger charge is -2.12. The molecule has 2 aromatic carbocycles. The number of hydrogen-bond acceptors (Lipinski definition) is 6. The first-order chi connectivity index (χ1) is 13.9. The van der Waals surface area contributed by atoms with Gasteiger partial charge in [0.2, 0.25) is 0 Å². The fraction of sp³-hybridized carbons (Fsp3) is 0.200. The Morgan fingerprint density at radius 1 is 1.03 bits per heavy atom. The molecular weight excluding hydrogens is 394 g/mol. The Morgan fingerprint density at radius 3 is 2.31 bits per heavy atom. The number of methoxy groups -OCH3 is 1. The van der Waals surface area contributed by atoms with Crippen molar-refractivity contribution in [2.45, 2.75) is 18.7 Å². The van der Waals surface area contributed by atoms with Crippen molar-refractivity contribution in [3.8, 4) is 5.75 Å². The summed E-state index contributed by atoms with van der Waals surface area (Å²) in [4.78, 5) is 12.5. The normalized spacial score (nSPS) is 15.1. The number of para-hydroxylation sites is 3. The van der Waals surface area contributed by atoms with Gasteiger partial charge in [0.15, 0.2) is 5.84 Å². The van der Waals surface area contributed by atoms with Gasteiger partial charge in [-0.05, 0) is 38.1 Å². The van der Waals surface area contributed by atoms with Crippen molar-refractivity contribution < 1.29 is 22.7 Å². The molecule has 0 saturated carbocycles. The van der Waals surface area contributed by atoms with E-state index in [0.717, 1.165) is 0 Å². The largest absolute Gasteiger partial charge is 0.495 e. The molecule has 0 unspecified atom stereocenters. The van der Waals surface area contributed by atoms with E-state index in [-0.39, 0.29) is 28.7 Å². The van der Waals surface area contributed by atoms with Crippen LogP contribution in [0.1, 0.15) is 13.8 Å². The van der Waals surface area contributed by atoms with Crippen LogP contribution >= 0.6 is 0 Å². The highest BCUT2D eigenvalue weighted by Crippen LogP contribution is 2.30. The maximum absolute atomic E-state index is 13.0. The standard InChI is InChI=1S/C20H21N3O5S/c1-4-28-20(24)18-13(2)21-14-9-5-6-10-15(14)22-19(18)23-29(25,26)17-12-8-7-11-16(17)27-3/h5-12,21H,4H2,1-3H3,(H,22,23). The molecule has 1 aliphatic heterocycles. The number of amidine groups is 1. The van der Waals surface area contributed by atoms with Gasteiger partial charge >= 0.3 is 5.97 Å². The smallest absolute Gasteiger partial charge is 0.343 e. The number of anilines is 2. The van der Waals surface area contributed by atoms with E-state index in [0.29, 0.717) is 17.1 Å². The summed E-state index contributed by atoms with van der Waals surface area (Å²) in [6.45, 7) is 3.46. The predicted molar refractivity (Wildman–Crippen MR) is 111 cm³/mol. The maximum Gasteiger partial charge on any atom is 0.343 e. The van der Waals surface area contributed by atoms with Gasteiger partial charge in [0, 0.05) is 5.70 Å². The quantitative estimate of drug-likeness (QED) is 0.723. The molecule has 0 spiro atoms. The molecule has 3 rings (SSSR count). The molecule has 1 heterocycles. The summed E-state index contributed by atoms with van der Waals surface area (Å²) in [6.07, 6.45) is 0. The van der Waals surface area contributed by atoms with Crippen molar-refractivity contribution in [3.05, 3.63) is 59.8 Å². The van der Waals surface area contributed by atoms with E-state index in [1.165, 1.54) is 19.2 Å². The van der Waals surface area contributed by atoms with Crippen molar-refractivity contribution in [1.82, 2.24) is 0 Å². The molecule has 0 aliphatic carbocycles. The van der Waals surface area contributed by atoms with Gasteiger partial charge in [0.1, 0.15) is 16.2 Å². The number of rotatable bonds is 5. The fourth-order valence-corrected chi connectivity index (χ4v) is 3.99. The van der Waals surface area contributed by atoms with Crippen molar-refractivity contribution in [3.63, 3.8) is 0 Å². The van der Waals surface area contributed by atoms with Crippen LogP contribution in [0.2, 0.25) is 0 Å². The van der Waals surface area contributed by atoms with Crippen LogP contribution in [0.4, 0.5) is 11.4 Å². The molecule has 0 aromatic heterocycles. The third-order valence-corrected chi connectivity index (χ3v) is 5.47. The SMILES string of the molecule is CCOC(=O)C1=C(C)Nc2ccccc2N/C1=N\S(=O)(=O)c1ccccc1OC. The van der Waals surface area contributed by atoms with Crippen LogP contribution in [-0.4, -0.2) is 33.9 Å². The van der Waals surface area contributed by atoms with Gasteiger partial charge in [-0.1, -0.05) is 24.3 Å². The number of ether oxygens (including phenoxy) is 2. The fourth-order valence-electron chi connectivity index (χ4n) is 2.86. The van der Waals surface area contributed by atoms with Crippen LogP contribution in [-0.2, 0) is 19.6 Å². The second-order valence-electron chi connectivity index (χ2n) is 6.08. The third kappa shape index (κ3) is 4.24. The minimum absolute atomic E-state index is 0.00141. The summed E-state index contributed by atoms with van der Waals surface area (Å²) in [6, 6.07) is 13.3. The summed E-state index contributed by atoms with van der Waals surface area (Å²) in [5, 5.41) is 6.06. The van der Waals surface area contributed by atoms with Gasteiger partial charge < -0.3 is 20.1 Å². The number of sulfonamides is 1. The lowest BCUT2D eigenvalue weighted by atomic mass is 10.2. The summed E-state index contributed by atoms with van der Waals surface area (Å²) < 4.78 is 40.3. The molecule has 152 valence electrons. The van der Waals surface area contributed by atoms with Gasteiger partial charge in [-0.15, -0.1) is 4.40 Å². The number of benzene rings is 2. The van der Waals surface area contributed by atoms with E-state index in [1.54, 1.807) is 44.2 Å². The zero-order valence-corrected chi connectivity index (χ0v) is 17.0. The van der Waals surface area contributed by atoms with Crippen LogP contribution in [0.25, 0.3) is 0 Å². The van der Waals surface area contributed by atoms with Gasteiger partial charge in [-0.2, -0.15) is 8.42 Å². The zero-order valence-electron chi connectivity index (χ0n) is 16.2. The van der Waals surface area contributed by atoms with Crippen LogP contribution in [0.3, 0.4) is 0 Å². The number of carbonyl (C=O) groups is 1. The van der Waals surface area contributed by atoms with E-state index in [9.17, 15) is 13.2 Å². The van der Waals surface area contributed by atoms with Gasteiger partial charge in [0.25, 0.3) is 10.0 Å². The number of esters is 1. The van der Waals surface area contributed by atoms with E-state index < -0.39 is 16.0 Å². The van der Waals surface area contributed by atoms with Crippen molar-refractivity contribution in [2.75, 3.05) is 24.4 Å². The monoisotopic (exact) mass is 415 g/mol. The summed E-state index contributed by atoms with van der Waals surface area (Å²) in [7, 11) is -2.82. The average Bonchev–Trinajstić information content (AvgIpc) is 2.82. The first-order valence-corrected chi connectivity index (χ1v) is 10.3. The lowest BCUT2D eigenvalue weighted by molar-refractivity contribution is -0.137.